The minimum Gasteiger partial charge on any atom is -0.267 e. The third-order valence-corrected chi connectivity index (χ3v) is 3.88. The Morgan fingerprint density at radius 2 is 1.79 bits per heavy atom. The third kappa shape index (κ3) is 2.12. The van der Waals surface area contributed by atoms with Crippen molar-refractivity contribution >= 4 is 21.4 Å². The van der Waals surface area contributed by atoms with Crippen LogP contribution in [0.4, 0.5) is 0 Å². The Labute approximate surface area is 113 Å². The molecule has 0 amide bonds. The number of fused-ring (bicyclic) bond motifs is 1. The van der Waals surface area contributed by atoms with Crippen LogP contribution in [0.5, 0.6) is 0 Å². The van der Waals surface area contributed by atoms with Crippen LogP contribution in [0.25, 0.3) is 20.7 Å². The number of aromatic nitrogens is 1. The van der Waals surface area contributed by atoms with Crippen LogP contribution in [0.2, 0.25) is 0 Å². The van der Waals surface area contributed by atoms with E-state index in [1.165, 1.54) is 11.3 Å². The normalized spacial score (nSPS) is 10.3. The van der Waals surface area contributed by atoms with Crippen molar-refractivity contribution < 1.29 is 0 Å². The zero-order chi connectivity index (χ0) is 13.2. The fourth-order valence-electron chi connectivity index (χ4n) is 1.82. The third-order valence-electron chi connectivity index (χ3n) is 2.79. The number of hydrogen-bond acceptors (Lipinski definition) is 4. The highest BCUT2D eigenvalue weighted by atomic mass is 32.1. The van der Waals surface area contributed by atoms with Crippen LogP contribution in [0.3, 0.4) is 0 Å². The maximum Gasteiger partial charge on any atom is 0.279 e. The summed E-state index contributed by atoms with van der Waals surface area (Å²) in [4.78, 5) is 16.0. The van der Waals surface area contributed by atoms with E-state index in [1.54, 1.807) is 18.2 Å². The molecule has 0 aliphatic heterocycles. The molecule has 0 radical (unpaired) electrons. The van der Waals surface area contributed by atoms with Crippen LogP contribution in [0, 0.1) is 11.3 Å². The van der Waals surface area contributed by atoms with Gasteiger partial charge in [0.2, 0.25) is 0 Å². The van der Waals surface area contributed by atoms with E-state index in [2.05, 4.69) is 11.1 Å². The van der Waals surface area contributed by atoms with E-state index in [0.717, 1.165) is 10.3 Å². The van der Waals surface area contributed by atoms with Crippen LogP contribution in [-0.2, 0) is 0 Å². The number of benzene rings is 2. The van der Waals surface area contributed by atoms with E-state index in [0.29, 0.717) is 16.0 Å². The van der Waals surface area contributed by atoms with Gasteiger partial charge in [-0.2, -0.15) is 10.2 Å². The summed E-state index contributed by atoms with van der Waals surface area (Å²) in [6.45, 7) is 0. The molecular formula is C15H8N2OS. The molecule has 0 aliphatic carbocycles. The molecule has 0 bridgehead atoms. The standard InChI is InChI=1S/C15H8N2OS/c16-9-10-5-7-11(8-6-10)15-17-14(18)12-3-1-2-4-13(12)19-15/h1-8H. The van der Waals surface area contributed by atoms with Crippen molar-refractivity contribution in [2.75, 3.05) is 0 Å². The number of nitriles is 1. The Morgan fingerprint density at radius 1 is 1.05 bits per heavy atom. The minimum atomic E-state index is -0.214. The van der Waals surface area contributed by atoms with E-state index in [1.807, 2.05) is 30.3 Å². The van der Waals surface area contributed by atoms with Crippen molar-refractivity contribution in [2.45, 2.75) is 0 Å². The van der Waals surface area contributed by atoms with E-state index in [9.17, 15) is 4.79 Å². The highest BCUT2D eigenvalue weighted by Gasteiger charge is 2.06. The summed E-state index contributed by atoms with van der Waals surface area (Å²) >= 11 is 1.47. The van der Waals surface area contributed by atoms with Gasteiger partial charge in [0, 0.05) is 10.3 Å². The Hall–Kier alpha value is -2.51. The van der Waals surface area contributed by atoms with Gasteiger partial charge in [0.25, 0.3) is 5.56 Å². The number of hydrogen-bond donors (Lipinski definition) is 0. The van der Waals surface area contributed by atoms with Gasteiger partial charge in [0.05, 0.1) is 17.0 Å². The zero-order valence-corrected chi connectivity index (χ0v) is 10.6. The molecule has 2 aromatic carbocycles. The fourth-order valence-corrected chi connectivity index (χ4v) is 2.83. The van der Waals surface area contributed by atoms with E-state index >= 15 is 0 Å². The van der Waals surface area contributed by atoms with Crippen molar-refractivity contribution in [2.24, 2.45) is 0 Å². The average Bonchev–Trinajstić information content (AvgIpc) is 2.47. The molecule has 4 heteroatoms. The lowest BCUT2D eigenvalue weighted by atomic mass is 10.1. The molecule has 0 N–H and O–H groups in total. The van der Waals surface area contributed by atoms with Crippen molar-refractivity contribution in [1.82, 2.24) is 4.98 Å². The maximum atomic E-state index is 11.9. The predicted molar refractivity (Wildman–Crippen MR) is 76.0 cm³/mol. The summed E-state index contributed by atoms with van der Waals surface area (Å²) in [7, 11) is 0. The molecule has 0 spiro atoms. The van der Waals surface area contributed by atoms with Crippen molar-refractivity contribution in [3.05, 3.63) is 64.4 Å². The predicted octanol–water partition coefficient (Wildman–Crippen LogP) is 3.20. The largest absolute Gasteiger partial charge is 0.279 e. The molecule has 0 fully saturated rings. The maximum absolute atomic E-state index is 11.9. The first-order chi connectivity index (χ1) is 9.28. The lowest BCUT2D eigenvalue weighted by Crippen LogP contribution is -2.05. The number of rotatable bonds is 1. The Balaban J connectivity index is 2.20. The second-order valence-corrected chi connectivity index (χ2v) is 5.04. The second kappa shape index (κ2) is 4.63. The van der Waals surface area contributed by atoms with Crippen molar-refractivity contribution in [3.63, 3.8) is 0 Å². The molecular weight excluding hydrogens is 256 g/mol. The van der Waals surface area contributed by atoms with Crippen LogP contribution in [-0.4, -0.2) is 4.98 Å². The molecule has 90 valence electrons. The summed E-state index contributed by atoms with van der Waals surface area (Å²) in [6, 6.07) is 16.6. The SMILES string of the molecule is N#Cc1ccc(-c2nc(=O)c3ccccc3s2)cc1. The van der Waals surface area contributed by atoms with Crippen molar-refractivity contribution in [1.29, 1.82) is 5.26 Å². The molecule has 1 aromatic heterocycles. The molecule has 0 aliphatic rings. The van der Waals surface area contributed by atoms with Crippen molar-refractivity contribution in [3.8, 4) is 16.6 Å². The molecule has 19 heavy (non-hydrogen) atoms. The van der Waals surface area contributed by atoms with Gasteiger partial charge in [-0.3, -0.25) is 4.79 Å². The molecule has 0 unspecified atom stereocenters. The summed E-state index contributed by atoms with van der Waals surface area (Å²) in [5.74, 6) is 0. The lowest BCUT2D eigenvalue weighted by molar-refractivity contribution is 1.31. The average molecular weight is 264 g/mol. The van der Waals surface area contributed by atoms with E-state index in [-0.39, 0.29) is 5.56 Å². The van der Waals surface area contributed by atoms with Gasteiger partial charge >= 0.3 is 0 Å². The Kier molecular flexibility index (Phi) is 2.82. The first kappa shape index (κ1) is 11.6. The van der Waals surface area contributed by atoms with Crippen LogP contribution in [0.1, 0.15) is 5.56 Å². The molecule has 3 rings (SSSR count). The summed E-state index contributed by atoms with van der Waals surface area (Å²) in [6.07, 6.45) is 0. The molecule has 0 saturated carbocycles. The highest BCUT2D eigenvalue weighted by Crippen LogP contribution is 2.25. The molecule has 0 saturated heterocycles. The van der Waals surface area contributed by atoms with Gasteiger partial charge in [0.1, 0.15) is 5.01 Å². The first-order valence-corrected chi connectivity index (χ1v) is 6.50. The van der Waals surface area contributed by atoms with Gasteiger partial charge in [-0.25, -0.2) is 0 Å². The van der Waals surface area contributed by atoms with E-state index < -0.39 is 0 Å². The number of nitrogens with zero attached hydrogens (tertiary/aromatic N) is 2. The minimum absolute atomic E-state index is 0.214. The quantitative estimate of drug-likeness (QED) is 0.678. The summed E-state index contributed by atoms with van der Waals surface area (Å²) < 4.78 is 0.918. The molecule has 0 atom stereocenters. The summed E-state index contributed by atoms with van der Waals surface area (Å²) in [5, 5.41) is 10.1. The van der Waals surface area contributed by atoms with Gasteiger partial charge < -0.3 is 0 Å². The van der Waals surface area contributed by atoms with Crippen LogP contribution < -0.4 is 5.56 Å². The molecule has 3 aromatic rings. The topological polar surface area (TPSA) is 53.8 Å². The first-order valence-electron chi connectivity index (χ1n) is 5.68. The zero-order valence-electron chi connectivity index (χ0n) is 9.83. The van der Waals surface area contributed by atoms with Gasteiger partial charge in [-0.05, 0) is 24.3 Å². The fraction of sp³-hybridized carbons (Fsp3) is 0. The Morgan fingerprint density at radius 3 is 2.53 bits per heavy atom. The highest BCUT2D eigenvalue weighted by molar-refractivity contribution is 7.21. The van der Waals surface area contributed by atoms with Crippen LogP contribution >= 0.6 is 11.3 Å². The second-order valence-electron chi connectivity index (χ2n) is 4.01. The lowest BCUT2D eigenvalue weighted by Gasteiger charge is -2.01. The van der Waals surface area contributed by atoms with Gasteiger partial charge in [-0.1, -0.05) is 24.3 Å². The summed E-state index contributed by atoms with van der Waals surface area (Å²) in [5.41, 5.74) is 1.23. The van der Waals surface area contributed by atoms with Crippen LogP contribution in [0.15, 0.2) is 53.3 Å². The van der Waals surface area contributed by atoms with Gasteiger partial charge in [-0.15, -0.1) is 11.3 Å². The Bertz CT molecular complexity index is 844. The monoisotopic (exact) mass is 264 g/mol. The molecule has 3 nitrogen and oxygen atoms in total. The van der Waals surface area contributed by atoms with Gasteiger partial charge in [0.15, 0.2) is 0 Å². The smallest absolute Gasteiger partial charge is 0.267 e. The molecule has 1 heterocycles. The van der Waals surface area contributed by atoms with E-state index in [4.69, 9.17) is 5.26 Å².